The summed E-state index contributed by atoms with van der Waals surface area (Å²) in [5.41, 5.74) is 3.32. The summed E-state index contributed by atoms with van der Waals surface area (Å²) in [7, 11) is 0. The molecule has 1 heterocycles. The highest BCUT2D eigenvalue weighted by atomic mass is 35.5. The van der Waals surface area contributed by atoms with E-state index in [1.165, 1.54) is 10.5 Å². The summed E-state index contributed by atoms with van der Waals surface area (Å²) in [6.45, 7) is 3.03. The van der Waals surface area contributed by atoms with Gasteiger partial charge in [0.05, 0.1) is 16.3 Å². The van der Waals surface area contributed by atoms with E-state index in [1.807, 2.05) is 30.0 Å². The van der Waals surface area contributed by atoms with Gasteiger partial charge in [-0.25, -0.2) is 4.98 Å². The van der Waals surface area contributed by atoms with Crippen LogP contribution in [0, 0.1) is 0 Å². The largest absolute Gasteiger partial charge is 0.327 e. The number of aryl methyl sites for hydroxylation is 1. The zero-order valence-electron chi connectivity index (χ0n) is 14.5. The van der Waals surface area contributed by atoms with Gasteiger partial charge in [0, 0.05) is 16.5 Å². The van der Waals surface area contributed by atoms with E-state index in [9.17, 15) is 0 Å². The second-order valence-corrected chi connectivity index (χ2v) is 7.68. The first kappa shape index (κ1) is 17.2. The van der Waals surface area contributed by atoms with Crippen molar-refractivity contribution in [2.75, 3.05) is 0 Å². The molecule has 1 aromatic heterocycles. The lowest BCUT2D eigenvalue weighted by atomic mass is 10.1. The van der Waals surface area contributed by atoms with E-state index in [0.717, 1.165) is 28.4 Å². The van der Waals surface area contributed by atoms with Crippen molar-refractivity contribution in [3.63, 3.8) is 0 Å². The Kier molecular flexibility index (Phi) is 5.00. The van der Waals surface area contributed by atoms with Gasteiger partial charge in [0.2, 0.25) is 0 Å². The molecule has 130 valence electrons. The first-order valence-electron chi connectivity index (χ1n) is 8.68. The van der Waals surface area contributed by atoms with Gasteiger partial charge in [0.1, 0.15) is 5.82 Å². The Bertz CT molecular complexity index is 1010. The van der Waals surface area contributed by atoms with Crippen molar-refractivity contribution in [1.82, 2.24) is 9.55 Å². The maximum atomic E-state index is 6.20. The molecule has 1 atom stereocenters. The molecule has 0 amide bonds. The third-order valence-electron chi connectivity index (χ3n) is 4.39. The molecule has 0 N–H and O–H groups in total. The third kappa shape index (κ3) is 3.37. The average molecular weight is 379 g/mol. The topological polar surface area (TPSA) is 17.8 Å². The minimum absolute atomic E-state index is 0.115. The Hall–Kier alpha value is -2.23. The van der Waals surface area contributed by atoms with Crippen LogP contribution in [0.25, 0.3) is 11.0 Å². The molecule has 0 saturated heterocycles. The van der Waals surface area contributed by atoms with Crippen molar-refractivity contribution in [3.05, 3.63) is 95.3 Å². The number of hydrogen-bond acceptors (Lipinski definition) is 2. The van der Waals surface area contributed by atoms with Crippen molar-refractivity contribution in [3.8, 4) is 0 Å². The fourth-order valence-corrected chi connectivity index (χ4v) is 4.52. The van der Waals surface area contributed by atoms with Crippen LogP contribution in [-0.2, 0) is 6.54 Å². The number of hydrogen-bond donors (Lipinski definition) is 0. The minimum atomic E-state index is 0.115. The lowest BCUT2D eigenvalue weighted by Gasteiger charge is -2.18. The number of thioether (sulfide) groups is 1. The molecule has 0 aliphatic carbocycles. The Morgan fingerprint density at radius 2 is 1.65 bits per heavy atom. The number of fused-ring (bicyclic) bond motifs is 1. The summed E-state index contributed by atoms with van der Waals surface area (Å²) in [5, 5.41) is 0.835. The zero-order valence-corrected chi connectivity index (χ0v) is 16.0. The fourth-order valence-electron chi connectivity index (χ4n) is 3.19. The molecule has 4 aromatic rings. The number of nitrogens with zero attached hydrogens (tertiary/aromatic N) is 2. The zero-order chi connectivity index (χ0) is 17.9. The lowest BCUT2D eigenvalue weighted by Crippen LogP contribution is -2.07. The van der Waals surface area contributed by atoms with Crippen LogP contribution in [0.4, 0.5) is 0 Å². The van der Waals surface area contributed by atoms with E-state index in [1.54, 1.807) is 0 Å². The van der Waals surface area contributed by atoms with Crippen molar-refractivity contribution in [2.45, 2.75) is 23.6 Å². The van der Waals surface area contributed by atoms with Crippen LogP contribution in [0.2, 0.25) is 5.02 Å². The highest BCUT2D eigenvalue weighted by Gasteiger charge is 2.23. The first-order chi connectivity index (χ1) is 12.8. The van der Waals surface area contributed by atoms with Crippen LogP contribution in [-0.4, -0.2) is 9.55 Å². The number of halogens is 1. The van der Waals surface area contributed by atoms with Gasteiger partial charge in [-0.1, -0.05) is 60.1 Å². The normalized spacial score (nSPS) is 12.4. The van der Waals surface area contributed by atoms with Gasteiger partial charge in [0.25, 0.3) is 0 Å². The van der Waals surface area contributed by atoms with E-state index in [4.69, 9.17) is 16.6 Å². The molecule has 2 nitrogen and oxygen atoms in total. The molecule has 0 aliphatic heterocycles. The summed E-state index contributed by atoms with van der Waals surface area (Å²) < 4.78 is 2.29. The van der Waals surface area contributed by atoms with Gasteiger partial charge >= 0.3 is 0 Å². The van der Waals surface area contributed by atoms with Crippen LogP contribution in [0.15, 0.2) is 83.8 Å². The van der Waals surface area contributed by atoms with Crippen LogP contribution >= 0.6 is 23.4 Å². The molecule has 0 aliphatic rings. The second-order valence-electron chi connectivity index (χ2n) is 6.07. The number of benzene rings is 3. The Balaban J connectivity index is 1.87. The maximum Gasteiger partial charge on any atom is 0.127 e. The number of imidazole rings is 1. The highest BCUT2D eigenvalue weighted by Crippen LogP contribution is 2.41. The Labute approximate surface area is 162 Å². The molecule has 4 heteroatoms. The predicted octanol–water partition coefficient (Wildman–Crippen LogP) is 6.59. The van der Waals surface area contributed by atoms with Crippen LogP contribution < -0.4 is 0 Å². The van der Waals surface area contributed by atoms with E-state index in [2.05, 4.69) is 72.2 Å². The van der Waals surface area contributed by atoms with Crippen molar-refractivity contribution < 1.29 is 0 Å². The Morgan fingerprint density at radius 3 is 2.35 bits per heavy atom. The molecular formula is C22H19ClN2S. The molecule has 0 bridgehead atoms. The SMILES string of the molecule is CCn1c(C(Sc2ccccc2)c2ccccc2)nc2cc(Cl)ccc21. The molecule has 0 spiro atoms. The summed E-state index contributed by atoms with van der Waals surface area (Å²) in [6, 6.07) is 27.0. The number of aromatic nitrogens is 2. The molecule has 0 saturated carbocycles. The maximum absolute atomic E-state index is 6.20. The average Bonchev–Trinajstić information content (AvgIpc) is 3.04. The fraction of sp³-hybridized carbons (Fsp3) is 0.136. The monoisotopic (exact) mass is 378 g/mol. The first-order valence-corrected chi connectivity index (χ1v) is 9.94. The molecule has 1 unspecified atom stereocenters. The van der Waals surface area contributed by atoms with Crippen LogP contribution in [0.3, 0.4) is 0 Å². The van der Waals surface area contributed by atoms with Crippen LogP contribution in [0.5, 0.6) is 0 Å². The van der Waals surface area contributed by atoms with Crippen molar-refractivity contribution in [2.24, 2.45) is 0 Å². The summed E-state index contributed by atoms with van der Waals surface area (Å²) in [5.74, 6) is 1.06. The Morgan fingerprint density at radius 1 is 0.962 bits per heavy atom. The van der Waals surface area contributed by atoms with E-state index in [-0.39, 0.29) is 5.25 Å². The molecule has 0 radical (unpaired) electrons. The molecular weight excluding hydrogens is 360 g/mol. The third-order valence-corrected chi connectivity index (χ3v) is 5.89. The van der Waals surface area contributed by atoms with Crippen molar-refractivity contribution >= 4 is 34.4 Å². The second kappa shape index (κ2) is 7.56. The summed E-state index contributed by atoms with van der Waals surface area (Å²) in [4.78, 5) is 6.21. The van der Waals surface area contributed by atoms with Gasteiger partial charge in [0.15, 0.2) is 0 Å². The highest BCUT2D eigenvalue weighted by molar-refractivity contribution is 7.99. The smallest absolute Gasteiger partial charge is 0.127 e. The summed E-state index contributed by atoms with van der Waals surface area (Å²) >= 11 is 8.02. The molecule has 0 fully saturated rings. The quantitative estimate of drug-likeness (QED) is 0.364. The molecule has 4 rings (SSSR count). The van der Waals surface area contributed by atoms with E-state index >= 15 is 0 Å². The van der Waals surface area contributed by atoms with Gasteiger partial charge in [-0.15, -0.1) is 11.8 Å². The van der Waals surface area contributed by atoms with Gasteiger partial charge in [-0.2, -0.15) is 0 Å². The standard InChI is InChI=1S/C22H19ClN2S/c1-2-25-20-14-13-17(23)15-19(20)24-22(25)21(16-9-5-3-6-10-16)26-18-11-7-4-8-12-18/h3-15,21H,2H2,1H3. The van der Waals surface area contributed by atoms with Crippen LogP contribution in [0.1, 0.15) is 23.6 Å². The van der Waals surface area contributed by atoms with Gasteiger partial charge in [-0.05, 0) is 42.8 Å². The van der Waals surface area contributed by atoms with E-state index < -0.39 is 0 Å². The molecule has 3 aromatic carbocycles. The van der Waals surface area contributed by atoms with Crippen molar-refractivity contribution in [1.29, 1.82) is 0 Å². The minimum Gasteiger partial charge on any atom is -0.327 e. The summed E-state index contributed by atoms with van der Waals surface area (Å²) in [6.07, 6.45) is 0. The van der Waals surface area contributed by atoms with E-state index in [0.29, 0.717) is 0 Å². The molecule has 26 heavy (non-hydrogen) atoms. The van der Waals surface area contributed by atoms with Gasteiger partial charge < -0.3 is 4.57 Å². The van der Waals surface area contributed by atoms with Gasteiger partial charge in [-0.3, -0.25) is 0 Å². The number of rotatable bonds is 5. The predicted molar refractivity (Wildman–Crippen MR) is 111 cm³/mol. The lowest BCUT2D eigenvalue weighted by molar-refractivity contribution is 0.729.